The number of nitrogens with two attached hydrogens (primary N) is 1. The van der Waals surface area contributed by atoms with Gasteiger partial charge in [0.25, 0.3) is 0 Å². The molecule has 2 aromatic rings. The van der Waals surface area contributed by atoms with E-state index in [0.717, 1.165) is 4.73 Å². The van der Waals surface area contributed by atoms with Crippen LogP contribution in [0.25, 0.3) is 11.0 Å². The first-order valence-corrected chi connectivity index (χ1v) is 5.05. The zero-order chi connectivity index (χ0) is 12.4. The molecule has 0 unspecified atom stereocenters. The van der Waals surface area contributed by atoms with Gasteiger partial charge in [0.15, 0.2) is 0 Å². The second-order valence-electron chi connectivity index (χ2n) is 3.48. The zero-order valence-electron chi connectivity index (χ0n) is 9.01. The van der Waals surface area contributed by atoms with Gasteiger partial charge in [-0.3, -0.25) is 5.41 Å². The molecule has 0 saturated carbocycles. The number of nitrogens with one attached hydrogen (secondary N) is 2. The van der Waals surface area contributed by atoms with Crippen LogP contribution in [0.1, 0.15) is 5.56 Å². The van der Waals surface area contributed by atoms with Crippen LogP contribution in [0.3, 0.4) is 0 Å². The molecule has 6 N–H and O–H groups in total. The number of anilines is 1. The highest BCUT2D eigenvalue weighted by molar-refractivity contribution is 6.06. The van der Waals surface area contributed by atoms with Crippen LogP contribution in [0, 0.1) is 5.41 Å². The number of rotatable bonds is 4. The fourth-order valence-electron chi connectivity index (χ4n) is 1.61. The van der Waals surface area contributed by atoms with Crippen molar-refractivity contribution in [2.24, 2.45) is 5.73 Å². The molecule has 0 bridgehead atoms. The third-order valence-electron chi connectivity index (χ3n) is 2.34. The molecule has 0 spiro atoms. The lowest BCUT2D eigenvalue weighted by Gasteiger charge is -2.04. The van der Waals surface area contributed by atoms with Crippen molar-refractivity contribution >= 4 is 22.8 Å². The minimum absolute atomic E-state index is 0.0667. The van der Waals surface area contributed by atoms with Crippen molar-refractivity contribution in [1.29, 1.82) is 5.41 Å². The molecular weight excluding hydrogens is 222 g/mol. The molecule has 7 nitrogen and oxygen atoms in total. The normalized spacial score (nSPS) is 10.6. The molecular formula is C10H13N5O2. The fraction of sp³-hybridized carbons (Fsp3) is 0.200. The van der Waals surface area contributed by atoms with E-state index in [4.69, 9.17) is 16.2 Å². The SMILES string of the molecule is N=C(N)c1cccc2nc(NCCO)n(O)c12. The quantitative estimate of drug-likeness (QED) is 0.289. The van der Waals surface area contributed by atoms with Gasteiger partial charge in [0.1, 0.15) is 11.4 Å². The van der Waals surface area contributed by atoms with Crippen LogP contribution >= 0.6 is 0 Å². The highest BCUT2D eigenvalue weighted by Crippen LogP contribution is 2.21. The van der Waals surface area contributed by atoms with Crippen molar-refractivity contribution in [3.8, 4) is 0 Å². The average Bonchev–Trinajstić information content (AvgIpc) is 2.63. The highest BCUT2D eigenvalue weighted by Gasteiger charge is 2.14. The van der Waals surface area contributed by atoms with Crippen LogP contribution in [0.4, 0.5) is 5.95 Å². The van der Waals surface area contributed by atoms with Crippen LogP contribution in [-0.4, -0.2) is 39.0 Å². The molecule has 1 aromatic carbocycles. The molecule has 0 fully saturated rings. The Hall–Kier alpha value is -2.28. The Morgan fingerprint density at radius 3 is 2.94 bits per heavy atom. The Bertz CT molecular complexity index is 563. The number of benzene rings is 1. The van der Waals surface area contributed by atoms with E-state index in [0.29, 0.717) is 16.6 Å². The van der Waals surface area contributed by atoms with E-state index >= 15 is 0 Å². The zero-order valence-corrected chi connectivity index (χ0v) is 9.01. The van der Waals surface area contributed by atoms with Gasteiger partial charge < -0.3 is 21.4 Å². The number of nitrogen functional groups attached to an aromatic ring is 1. The minimum Gasteiger partial charge on any atom is -0.425 e. The minimum atomic E-state index is -0.139. The van der Waals surface area contributed by atoms with E-state index in [-0.39, 0.29) is 24.9 Å². The summed E-state index contributed by atoms with van der Waals surface area (Å²) < 4.78 is 0.835. The van der Waals surface area contributed by atoms with Gasteiger partial charge in [-0.05, 0) is 12.1 Å². The maximum absolute atomic E-state index is 9.90. The summed E-state index contributed by atoms with van der Waals surface area (Å²) in [5.74, 6) is 0.0715. The third kappa shape index (κ3) is 1.87. The van der Waals surface area contributed by atoms with Crippen molar-refractivity contribution < 1.29 is 10.3 Å². The predicted octanol–water partition coefficient (Wildman–Crippen LogP) is -0.0381. The van der Waals surface area contributed by atoms with Crippen molar-refractivity contribution in [1.82, 2.24) is 9.71 Å². The molecule has 0 amide bonds. The Balaban J connectivity index is 2.57. The van der Waals surface area contributed by atoms with E-state index in [1.54, 1.807) is 18.2 Å². The molecule has 0 radical (unpaired) electrons. The molecule has 0 atom stereocenters. The Morgan fingerprint density at radius 1 is 1.53 bits per heavy atom. The molecule has 90 valence electrons. The third-order valence-corrected chi connectivity index (χ3v) is 2.34. The average molecular weight is 235 g/mol. The number of aliphatic hydroxyl groups is 1. The van der Waals surface area contributed by atoms with Crippen molar-refractivity contribution in [2.75, 3.05) is 18.5 Å². The molecule has 0 aliphatic carbocycles. The largest absolute Gasteiger partial charge is 0.425 e. The lowest BCUT2D eigenvalue weighted by Crippen LogP contribution is -2.14. The van der Waals surface area contributed by atoms with Crippen LogP contribution < -0.4 is 11.1 Å². The number of hydrogen-bond donors (Lipinski definition) is 5. The van der Waals surface area contributed by atoms with Crippen molar-refractivity contribution in [2.45, 2.75) is 0 Å². The molecule has 2 rings (SSSR count). The number of amidine groups is 1. The Labute approximate surface area is 97.0 Å². The van der Waals surface area contributed by atoms with Gasteiger partial charge in [-0.25, -0.2) is 4.98 Å². The van der Waals surface area contributed by atoms with E-state index in [9.17, 15) is 5.21 Å². The van der Waals surface area contributed by atoms with Gasteiger partial charge in [0, 0.05) is 12.1 Å². The lowest BCUT2D eigenvalue weighted by molar-refractivity contribution is 0.203. The van der Waals surface area contributed by atoms with Crippen molar-refractivity contribution in [3.05, 3.63) is 23.8 Å². The van der Waals surface area contributed by atoms with E-state index in [2.05, 4.69) is 10.3 Å². The number of hydrogen-bond acceptors (Lipinski definition) is 5. The molecule has 0 aliphatic rings. The number of aromatic nitrogens is 2. The number of aliphatic hydroxyl groups excluding tert-OH is 1. The second-order valence-corrected chi connectivity index (χ2v) is 3.48. The van der Waals surface area contributed by atoms with Crippen LogP contribution in [0.5, 0.6) is 0 Å². The summed E-state index contributed by atoms with van der Waals surface area (Å²) in [6, 6.07) is 5.05. The van der Waals surface area contributed by atoms with Gasteiger partial charge in [-0.15, -0.1) is 4.73 Å². The second kappa shape index (κ2) is 4.30. The van der Waals surface area contributed by atoms with Crippen molar-refractivity contribution in [3.63, 3.8) is 0 Å². The summed E-state index contributed by atoms with van der Waals surface area (Å²) in [5, 5.41) is 28.8. The number of nitrogens with zero attached hydrogens (tertiary/aromatic N) is 2. The molecule has 1 aromatic heterocycles. The standard InChI is InChI=1S/C10H13N5O2/c11-9(12)6-2-1-3-7-8(6)15(17)10(14-7)13-4-5-16/h1-3,16-17H,4-5H2,(H3,11,12)(H,13,14). The van der Waals surface area contributed by atoms with Crippen LogP contribution in [-0.2, 0) is 0 Å². The van der Waals surface area contributed by atoms with E-state index in [1.165, 1.54) is 0 Å². The lowest BCUT2D eigenvalue weighted by atomic mass is 10.2. The van der Waals surface area contributed by atoms with Gasteiger partial charge >= 0.3 is 0 Å². The number of para-hydroxylation sites is 1. The number of fused-ring (bicyclic) bond motifs is 1. The predicted molar refractivity (Wildman–Crippen MR) is 63.5 cm³/mol. The van der Waals surface area contributed by atoms with Crippen LogP contribution in [0.15, 0.2) is 18.2 Å². The first-order valence-electron chi connectivity index (χ1n) is 5.05. The molecule has 0 saturated heterocycles. The van der Waals surface area contributed by atoms with Gasteiger partial charge in [-0.1, -0.05) is 6.07 Å². The maximum Gasteiger partial charge on any atom is 0.237 e. The Morgan fingerprint density at radius 2 is 2.29 bits per heavy atom. The monoisotopic (exact) mass is 235 g/mol. The van der Waals surface area contributed by atoms with E-state index < -0.39 is 0 Å². The highest BCUT2D eigenvalue weighted by atomic mass is 16.5. The first-order chi connectivity index (χ1) is 8.15. The van der Waals surface area contributed by atoms with Gasteiger partial charge in [-0.2, -0.15) is 0 Å². The van der Waals surface area contributed by atoms with Gasteiger partial charge in [0.05, 0.1) is 12.1 Å². The van der Waals surface area contributed by atoms with E-state index in [1.807, 2.05) is 0 Å². The molecule has 17 heavy (non-hydrogen) atoms. The molecule has 1 heterocycles. The van der Waals surface area contributed by atoms with Gasteiger partial charge in [0.2, 0.25) is 5.95 Å². The maximum atomic E-state index is 9.90. The first kappa shape index (κ1) is 11.2. The summed E-state index contributed by atoms with van der Waals surface area (Å²) >= 11 is 0. The summed E-state index contributed by atoms with van der Waals surface area (Å²) in [6.45, 7) is 0.210. The molecule has 0 aliphatic heterocycles. The fourth-order valence-corrected chi connectivity index (χ4v) is 1.61. The summed E-state index contributed by atoms with van der Waals surface area (Å²) in [4.78, 5) is 4.13. The topological polar surface area (TPSA) is 120 Å². The summed E-state index contributed by atoms with van der Waals surface area (Å²) in [7, 11) is 0. The Kier molecular flexibility index (Phi) is 2.84. The summed E-state index contributed by atoms with van der Waals surface area (Å²) in [6.07, 6.45) is 0. The number of imidazole rings is 1. The summed E-state index contributed by atoms with van der Waals surface area (Å²) in [5.41, 5.74) is 6.74. The van der Waals surface area contributed by atoms with Crippen LogP contribution in [0.2, 0.25) is 0 Å². The smallest absolute Gasteiger partial charge is 0.237 e. The molecule has 7 heteroatoms.